The third-order valence-corrected chi connectivity index (χ3v) is 5.95. The zero-order chi connectivity index (χ0) is 23.6. The Hall–Kier alpha value is -2.75. The highest BCUT2D eigenvalue weighted by molar-refractivity contribution is 6.32. The molecule has 1 fully saturated rings. The second-order valence-corrected chi connectivity index (χ2v) is 8.56. The van der Waals surface area contributed by atoms with Crippen LogP contribution in [0.3, 0.4) is 0 Å². The third kappa shape index (κ3) is 6.86. The smallest absolute Gasteiger partial charge is 0.254 e. The highest BCUT2D eigenvalue weighted by Crippen LogP contribution is 2.37. The van der Waals surface area contributed by atoms with Crippen LogP contribution in [0.2, 0.25) is 5.02 Å². The van der Waals surface area contributed by atoms with Gasteiger partial charge in [-0.1, -0.05) is 37.1 Å². The van der Waals surface area contributed by atoms with Crippen molar-refractivity contribution in [2.24, 2.45) is 0 Å². The molecule has 3 rings (SSSR count). The Bertz CT molecular complexity index is 972. The Morgan fingerprint density at radius 3 is 2.58 bits per heavy atom. The molecule has 33 heavy (non-hydrogen) atoms. The predicted molar refractivity (Wildman–Crippen MR) is 130 cm³/mol. The fourth-order valence-corrected chi connectivity index (χ4v) is 4.14. The number of carbonyl (C=O) groups excluding carboxylic acids is 1. The van der Waals surface area contributed by atoms with E-state index in [0.717, 1.165) is 38.9 Å². The minimum absolute atomic E-state index is 0.0433. The first-order valence-corrected chi connectivity index (χ1v) is 12.0. The maximum atomic E-state index is 13.3. The van der Waals surface area contributed by atoms with Gasteiger partial charge in [-0.05, 0) is 49.6 Å². The number of benzene rings is 2. The van der Waals surface area contributed by atoms with Crippen LogP contribution in [0, 0.1) is 11.3 Å². The van der Waals surface area contributed by atoms with Crippen molar-refractivity contribution in [3.05, 3.63) is 58.1 Å². The van der Waals surface area contributed by atoms with Gasteiger partial charge in [-0.3, -0.25) is 9.69 Å². The molecule has 0 N–H and O–H groups in total. The van der Waals surface area contributed by atoms with Crippen LogP contribution in [-0.2, 0) is 6.54 Å². The highest BCUT2D eigenvalue weighted by Gasteiger charge is 2.23. The number of amides is 1. The molecule has 2 aromatic rings. The lowest BCUT2D eigenvalue weighted by atomic mass is 10.1. The van der Waals surface area contributed by atoms with Gasteiger partial charge in [-0.25, -0.2) is 0 Å². The number of carbonyl (C=O) groups is 1. The van der Waals surface area contributed by atoms with Gasteiger partial charge in [0.1, 0.15) is 0 Å². The first kappa shape index (κ1) is 24.9. The van der Waals surface area contributed by atoms with Crippen LogP contribution in [0.4, 0.5) is 0 Å². The molecule has 0 aliphatic carbocycles. The second kappa shape index (κ2) is 12.5. The van der Waals surface area contributed by atoms with E-state index in [1.54, 1.807) is 12.1 Å². The van der Waals surface area contributed by atoms with Crippen LogP contribution in [-0.4, -0.2) is 55.1 Å². The molecule has 0 aromatic heterocycles. The van der Waals surface area contributed by atoms with Crippen molar-refractivity contribution in [3.63, 3.8) is 0 Å². The first-order valence-electron chi connectivity index (χ1n) is 11.7. The van der Waals surface area contributed by atoms with Crippen LogP contribution >= 0.6 is 11.6 Å². The van der Waals surface area contributed by atoms with E-state index in [4.69, 9.17) is 26.3 Å². The number of hydrogen-bond donors (Lipinski definition) is 0. The first-order chi connectivity index (χ1) is 16.0. The zero-order valence-corrected chi connectivity index (χ0v) is 20.2. The summed E-state index contributed by atoms with van der Waals surface area (Å²) in [7, 11) is 0. The molecule has 1 amide bonds. The van der Waals surface area contributed by atoms with Gasteiger partial charge in [0.15, 0.2) is 11.5 Å². The van der Waals surface area contributed by atoms with Crippen LogP contribution in [0.1, 0.15) is 54.6 Å². The molecule has 0 spiro atoms. The van der Waals surface area contributed by atoms with Gasteiger partial charge in [0.05, 0.1) is 29.9 Å². The number of halogens is 1. The van der Waals surface area contributed by atoms with Gasteiger partial charge < -0.3 is 14.4 Å². The highest BCUT2D eigenvalue weighted by atomic mass is 35.5. The summed E-state index contributed by atoms with van der Waals surface area (Å²) in [5, 5.41) is 9.37. The summed E-state index contributed by atoms with van der Waals surface area (Å²) < 4.78 is 11.6. The maximum absolute atomic E-state index is 13.3. The van der Waals surface area contributed by atoms with Crippen LogP contribution in [0.15, 0.2) is 36.4 Å². The van der Waals surface area contributed by atoms with Crippen molar-refractivity contribution in [2.45, 2.75) is 39.7 Å². The molecule has 1 aliphatic rings. The van der Waals surface area contributed by atoms with E-state index in [1.165, 1.54) is 5.56 Å². The summed E-state index contributed by atoms with van der Waals surface area (Å²) in [5.74, 6) is 0.980. The summed E-state index contributed by atoms with van der Waals surface area (Å²) in [4.78, 5) is 17.5. The summed E-state index contributed by atoms with van der Waals surface area (Å²) in [5.41, 5.74) is 2.35. The molecule has 7 heteroatoms. The fourth-order valence-electron chi connectivity index (χ4n) is 3.87. The van der Waals surface area contributed by atoms with Gasteiger partial charge in [-0.15, -0.1) is 0 Å². The molecular weight excluding hydrogens is 438 g/mol. The van der Waals surface area contributed by atoms with Crippen LogP contribution in [0.5, 0.6) is 11.5 Å². The number of nitrogens with zero attached hydrogens (tertiary/aromatic N) is 3. The minimum atomic E-state index is -0.0433. The number of unbranched alkanes of at least 4 members (excludes halogenated alkanes) is 1. The molecule has 2 aromatic carbocycles. The Balaban J connectivity index is 1.66. The Kier molecular flexibility index (Phi) is 9.41. The Morgan fingerprint density at radius 2 is 1.88 bits per heavy atom. The van der Waals surface area contributed by atoms with Crippen molar-refractivity contribution in [2.75, 3.05) is 39.4 Å². The summed E-state index contributed by atoms with van der Waals surface area (Å²) in [6, 6.07) is 13.3. The fraction of sp³-hybridized carbons (Fsp3) is 0.462. The lowest BCUT2D eigenvalue weighted by molar-refractivity contribution is 0.0760. The molecule has 176 valence electrons. The molecule has 0 atom stereocenters. The van der Waals surface area contributed by atoms with Crippen molar-refractivity contribution in [1.29, 1.82) is 5.26 Å². The number of nitriles is 1. The van der Waals surface area contributed by atoms with Crippen LogP contribution < -0.4 is 9.47 Å². The molecular formula is C26H32ClN3O3. The molecule has 0 saturated carbocycles. The number of hydrogen-bond acceptors (Lipinski definition) is 5. The van der Waals surface area contributed by atoms with E-state index in [-0.39, 0.29) is 5.91 Å². The predicted octanol–water partition coefficient (Wildman–Crippen LogP) is 5.14. The minimum Gasteiger partial charge on any atom is -0.490 e. The van der Waals surface area contributed by atoms with Gasteiger partial charge in [0.25, 0.3) is 5.91 Å². The zero-order valence-electron chi connectivity index (χ0n) is 19.5. The number of rotatable bonds is 9. The average Bonchev–Trinajstić information content (AvgIpc) is 3.06. The Morgan fingerprint density at radius 1 is 1.09 bits per heavy atom. The summed E-state index contributed by atoms with van der Waals surface area (Å²) in [6.45, 7) is 8.87. The molecule has 0 bridgehead atoms. The van der Waals surface area contributed by atoms with Gasteiger partial charge in [-0.2, -0.15) is 5.26 Å². The standard InChI is InChI=1S/C26H32ClN3O3/c1-3-5-15-33-25-23(27)16-22(17-24(25)32-4-2)26(31)30-12-6-11-29(13-14-30)19-21-9-7-20(18-28)8-10-21/h7-10,16-17H,3-6,11-15,19H2,1-2H3. The van der Waals surface area contributed by atoms with Crippen LogP contribution in [0.25, 0.3) is 0 Å². The normalized spacial score (nSPS) is 14.4. The van der Waals surface area contributed by atoms with Gasteiger partial charge in [0.2, 0.25) is 0 Å². The molecule has 0 radical (unpaired) electrons. The monoisotopic (exact) mass is 469 g/mol. The largest absolute Gasteiger partial charge is 0.490 e. The molecule has 6 nitrogen and oxygen atoms in total. The van der Waals surface area contributed by atoms with E-state index in [0.29, 0.717) is 54.0 Å². The summed E-state index contributed by atoms with van der Waals surface area (Å²) >= 11 is 6.50. The average molecular weight is 470 g/mol. The Labute approximate surface area is 201 Å². The molecule has 0 unspecified atom stereocenters. The SMILES string of the molecule is CCCCOc1c(Cl)cc(C(=O)N2CCCN(Cc3ccc(C#N)cc3)CC2)cc1OCC. The molecule has 1 heterocycles. The third-order valence-electron chi connectivity index (χ3n) is 5.67. The lowest BCUT2D eigenvalue weighted by Gasteiger charge is -2.23. The van der Waals surface area contributed by atoms with E-state index in [9.17, 15) is 4.79 Å². The lowest BCUT2D eigenvalue weighted by Crippen LogP contribution is -2.35. The topological polar surface area (TPSA) is 65.8 Å². The van der Waals surface area contributed by atoms with Gasteiger partial charge >= 0.3 is 0 Å². The summed E-state index contributed by atoms with van der Waals surface area (Å²) in [6.07, 6.45) is 2.84. The van der Waals surface area contributed by atoms with Crippen molar-refractivity contribution in [3.8, 4) is 17.6 Å². The molecule has 1 aliphatic heterocycles. The quantitative estimate of drug-likeness (QED) is 0.476. The van der Waals surface area contributed by atoms with Crippen molar-refractivity contribution in [1.82, 2.24) is 9.80 Å². The maximum Gasteiger partial charge on any atom is 0.254 e. The van der Waals surface area contributed by atoms with E-state index in [2.05, 4.69) is 17.9 Å². The van der Waals surface area contributed by atoms with E-state index in [1.807, 2.05) is 36.1 Å². The number of ether oxygens (including phenoxy) is 2. The van der Waals surface area contributed by atoms with Crippen molar-refractivity contribution >= 4 is 17.5 Å². The molecule has 1 saturated heterocycles. The van der Waals surface area contributed by atoms with E-state index >= 15 is 0 Å². The second-order valence-electron chi connectivity index (χ2n) is 8.15. The van der Waals surface area contributed by atoms with E-state index < -0.39 is 0 Å². The van der Waals surface area contributed by atoms with Gasteiger partial charge in [0, 0.05) is 38.3 Å². The van der Waals surface area contributed by atoms with Crippen molar-refractivity contribution < 1.29 is 14.3 Å².